The number of ketones is 1. The zero-order valence-corrected chi connectivity index (χ0v) is 6.52. The van der Waals surface area contributed by atoms with Crippen molar-refractivity contribution in [2.45, 2.75) is 6.92 Å². The second kappa shape index (κ2) is 2.96. The van der Waals surface area contributed by atoms with Crippen molar-refractivity contribution in [2.75, 3.05) is 0 Å². The molecule has 1 heterocycles. The van der Waals surface area contributed by atoms with E-state index in [1.165, 1.54) is 13.0 Å². The van der Waals surface area contributed by atoms with E-state index in [-0.39, 0.29) is 10.8 Å². The predicted molar refractivity (Wildman–Crippen MR) is 39.2 cm³/mol. The summed E-state index contributed by atoms with van der Waals surface area (Å²) in [5, 5.41) is 0.122. The van der Waals surface area contributed by atoms with Gasteiger partial charge in [0.15, 0.2) is 11.6 Å². The molecule has 0 bridgehead atoms. The van der Waals surface area contributed by atoms with Crippen LogP contribution in [0.5, 0.6) is 0 Å². The lowest BCUT2D eigenvalue weighted by Crippen LogP contribution is -2.00. The van der Waals surface area contributed by atoms with E-state index in [0.29, 0.717) is 0 Å². The van der Waals surface area contributed by atoms with E-state index in [1.807, 2.05) is 0 Å². The van der Waals surface area contributed by atoms with Gasteiger partial charge in [0.25, 0.3) is 0 Å². The molecule has 0 aliphatic heterocycles. The Labute approximate surface area is 68.0 Å². The molecule has 0 atom stereocenters. The van der Waals surface area contributed by atoms with Crippen molar-refractivity contribution < 1.29 is 9.18 Å². The lowest BCUT2D eigenvalue weighted by molar-refractivity contribution is 0.100. The van der Waals surface area contributed by atoms with Gasteiger partial charge in [-0.2, -0.15) is 0 Å². The monoisotopic (exact) mass is 173 g/mol. The lowest BCUT2D eigenvalue weighted by Gasteiger charge is -1.96. The average Bonchev–Trinajstić information content (AvgIpc) is 1.94. The maximum absolute atomic E-state index is 12.7. The van der Waals surface area contributed by atoms with Crippen molar-refractivity contribution in [1.29, 1.82) is 0 Å². The van der Waals surface area contributed by atoms with Crippen molar-refractivity contribution in [3.63, 3.8) is 0 Å². The highest BCUT2D eigenvalue weighted by Crippen LogP contribution is 2.09. The van der Waals surface area contributed by atoms with E-state index in [0.717, 1.165) is 6.07 Å². The Bertz CT molecular complexity index is 300. The summed E-state index contributed by atoms with van der Waals surface area (Å²) in [5.74, 6) is -1.06. The number of Topliss-reactive ketones (excluding diaryl/α,β-unsaturated/α-hetero) is 1. The first kappa shape index (κ1) is 8.14. The third-order valence-corrected chi connectivity index (χ3v) is 1.36. The van der Waals surface area contributed by atoms with E-state index < -0.39 is 11.6 Å². The minimum atomic E-state index is -0.637. The fourth-order valence-corrected chi connectivity index (χ4v) is 0.813. The molecule has 0 saturated heterocycles. The van der Waals surface area contributed by atoms with Gasteiger partial charge in [-0.15, -0.1) is 0 Å². The Balaban J connectivity index is 3.23. The van der Waals surface area contributed by atoms with Crippen LogP contribution in [0.3, 0.4) is 0 Å². The highest BCUT2D eigenvalue weighted by molar-refractivity contribution is 6.29. The maximum Gasteiger partial charge on any atom is 0.181 e. The maximum atomic E-state index is 12.7. The molecule has 0 unspecified atom stereocenters. The molecule has 4 heteroatoms. The van der Waals surface area contributed by atoms with E-state index in [1.54, 1.807) is 0 Å². The Morgan fingerprint density at radius 1 is 1.64 bits per heavy atom. The second-order valence-electron chi connectivity index (χ2n) is 2.02. The quantitative estimate of drug-likeness (QED) is 0.481. The van der Waals surface area contributed by atoms with Gasteiger partial charge in [-0.3, -0.25) is 4.79 Å². The normalized spacial score (nSPS) is 9.73. The molecular formula is C7H5ClFNO. The molecule has 0 spiro atoms. The summed E-state index contributed by atoms with van der Waals surface area (Å²) < 4.78 is 12.7. The molecule has 11 heavy (non-hydrogen) atoms. The molecule has 0 aliphatic carbocycles. The van der Waals surface area contributed by atoms with Crippen molar-refractivity contribution in [3.8, 4) is 0 Å². The number of nitrogens with zero attached hydrogens (tertiary/aromatic N) is 1. The number of carbonyl (C=O) groups is 1. The van der Waals surface area contributed by atoms with Crippen LogP contribution in [0.25, 0.3) is 0 Å². The van der Waals surface area contributed by atoms with Crippen LogP contribution in [-0.4, -0.2) is 10.8 Å². The number of rotatable bonds is 1. The summed E-state index contributed by atoms with van der Waals surface area (Å²) in [7, 11) is 0. The van der Waals surface area contributed by atoms with Gasteiger partial charge in [0.05, 0.1) is 0 Å². The molecule has 0 radical (unpaired) electrons. The predicted octanol–water partition coefficient (Wildman–Crippen LogP) is 2.08. The molecule has 1 aromatic rings. The van der Waals surface area contributed by atoms with Crippen LogP contribution < -0.4 is 0 Å². The summed E-state index contributed by atoms with van der Waals surface area (Å²) in [6.07, 6.45) is 0. The molecular weight excluding hydrogens is 169 g/mol. The van der Waals surface area contributed by atoms with Crippen LogP contribution in [0.2, 0.25) is 5.15 Å². The Hall–Kier alpha value is -0.960. The fraction of sp³-hybridized carbons (Fsp3) is 0.143. The van der Waals surface area contributed by atoms with Crippen LogP contribution in [-0.2, 0) is 0 Å². The van der Waals surface area contributed by atoms with Crippen LogP contribution in [0.15, 0.2) is 12.1 Å². The highest BCUT2D eigenvalue weighted by atomic mass is 35.5. The van der Waals surface area contributed by atoms with Gasteiger partial charge < -0.3 is 0 Å². The Kier molecular flexibility index (Phi) is 2.19. The summed E-state index contributed by atoms with van der Waals surface area (Å²) in [4.78, 5) is 14.2. The first-order chi connectivity index (χ1) is 5.11. The molecule has 0 aliphatic rings. The first-order valence-corrected chi connectivity index (χ1v) is 3.32. The third kappa shape index (κ3) is 1.74. The number of pyridine rings is 1. The molecule has 2 nitrogen and oxygen atoms in total. The zero-order chi connectivity index (χ0) is 8.43. The van der Waals surface area contributed by atoms with E-state index in [9.17, 15) is 9.18 Å². The van der Waals surface area contributed by atoms with Gasteiger partial charge in [0.2, 0.25) is 0 Å². The van der Waals surface area contributed by atoms with Crippen LogP contribution >= 0.6 is 11.6 Å². The van der Waals surface area contributed by atoms with E-state index in [2.05, 4.69) is 4.98 Å². The largest absolute Gasteiger partial charge is 0.293 e. The SMILES string of the molecule is CC(=O)c1nc(Cl)ccc1F. The molecule has 0 amide bonds. The lowest BCUT2D eigenvalue weighted by atomic mass is 10.3. The molecule has 0 saturated carbocycles. The third-order valence-electron chi connectivity index (χ3n) is 1.15. The van der Waals surface area contributed by atoms with Crippen LogP contribution in [0.4, 0.5) is 4.39 Å². The topological polar surface area (TPSA) is 30.0 Å². The van der Waals surface area contributed by atoms with Crippen LogP contribution in [0, 0.1) is 5.82 Å². The number of hydrogen-bond donors (Lipinski definition) is 0. The minimum Gasteiger partial charge on any atom is -0.293 e. The van der Waals surface area contributed by atoms with Crippen molar-refractivity contribution in [1.82, 2.24) is 4.98 Å². The van der Waals surface area contributed by atoms with E-state index in [4.69, 9.17) is 11.6 Å². The fourth-order valence-electron chi connectivity index (χ4n) is 0.665. The summed E-state index contributed by atoms with van der Waals surface area (Å²) in [5.41, 5.74) is -0.211. The molecule has 0 fully saturated rings. The molecule has 0 N–H and O–H groups in total. The highest BCUT2D eigenvalue weighted by Gasteiger charge is 2.08. The summed E-state index contributed by atoms with van der Waals surface area (Å²) in [6.45, 7) is 1.24. The van der Waals surface area contributed by atoms with E-state index >= 15 is 0 Å². The molecule has 58 valence electrons. The van der Waals surface area contributed by atoms with Crippen molar-refractivity contribution in [2.24, 2.45) is 0 Å². The van der Waals surface area contributed by atoms with Gasteiger partial charge in [0.1, 0.15) is 10.8 Å². The van der Waals surface area contributed by atoms with Gasteiger partial charge in [-0.25, -0.2) is 9.37 Å². The van der Waals surface area contributed by atoms with Crippen LogP contribution in [0.1, 0.15) is 17.4 Å². The first-order valence-electron chi connectivity index (χ1n) is 2.94. The summed E-state index contributed by atoms with van der Waals surface area (Å²) >= 11 is 5.43. The summed E-state index contributed by atoms with van der Waals surface area (Å²) in [6, 6.07) is 2.41. The Morgan fingerprint density at radius 3 is 2.73 bits per heavy atom. The van der Waals surface area contributed by atoms with Crippen molar-refractivity contribution in [3.05, 3.63) is 28.8 Å². The minimum absolute atomic E-state index is 0.122. The number of aromatic nitrogens is 1. The van der Waals surface area contributed by atoms with Gasteiger partial charge >= 0.3 is 0 Å². The standard InChI is InChI=1S/C7H5ClFNO/c1-4(11)7-5(9)2-3-6(8)10-7/h2-3H,1H3. The molecule has 1 rings (SSSR count). The number of carbonyl (C=O) groups excluding carboxylic acids is 1. The van der Waals surface area contributed by atoms with Gasteiger partial charge in [-0.05, 0) is 12.1 Å². The average molecular weight is 174 g/mol. The smallest absolute Gasteiger partial charge is 0.181 e. The molecule has 0 aromatic carbocycles. The van der Waals surface area contributed by atoms with Crippen molar-refractivity contribution >= 4 is 17.4 Å². The zero-order valence-electron chi connectivity index (χ0n) is 5.77. The second-order valence-corrected chi connectivity index (χ2v) is 2.41. The van der Waals surface area contributed by atoms with Gasteiger partial charge in [0, 0.05) is 6.92 Å². The molecule has 1 aromatic heterocycles. The Morgan fingerprint density at radius 2 is 2.27 bits per heavy atom. The van der Waals surface area contributed by atoms with Gasteiger partial charge in [-0.1, -0.05) is 11.6 Å². The number of halogens is 2. The number of hydrogen-bond acceptors (Lipinski definition) is 2.